The average molecular weight is 205 g/mol. The van der Waals surface area contributed by atoms with Gasteiger partial charge in [0.25, 0.3) is 0 Å². The second kappa shape index (κ2) is 3.70. The summed E-state index contributed by atoms with van der Waals surface area (Å²) in [7, 11) is 0. The van der Waals surface area contributed by atoms with Gasteiger partial charge in [-0.3, -0.25) is 9.89 Å². The Morgan fingerprint density at radius 2 is 2.40 bits per heavy atom. The van der Waals surface area contributed by atoms with Crippen molar-refractivity contribution in [1.82, 2.24) is 10.2 Å². The Morgan fingerprint density at radius 1 is 1.60 bits per heavy atom. The highest BCUT2D eigenvalue weighted by Gasteiger charge is 2.12. The summed E-state index contributed by atoms with van der Waals surface area (Å²) in [5, 5.41) is 16.4. The average Bonchev–Trinajstić information content (AvgIpc) is 2.64. The Kier molecular flexibility index (Phi) is 2.39. The number of fused-ring (bicyclic) bond motifs is 1. The lowest BCUT2D eigenvalue weighted by molar-refractivity contribution is -0.138. The fourth-order valence-electron chi connectivity index (χ4n) is 1.45. The molecule has 0 aliphatic carbocycles. The minimum Gasteiger partial charge on any atom is -0.480 e. The third-order valence-corrected chi connectivity index (χ3v) is 2.28. The minimum absolute atomic E-state index is 0.324. The van der Waals surface area contributed by atoms with Gasteiger partial charge in [-0.15, -0.1) is 0 Å². The number of aromatic amines is 1. The van der Waals surface area contributed by atoms with E-state index in [0.29, 0.717) is 6.42 Å². The molecule has 0 amide bonds. The van der Waals surface area contributed by atoms with Gasteiger partial charge in [-0.2, -0.15) is 5.10 Å². The molecule has 15 heavy (non-hydrogen) atoms. The van der Waals surface area contributed by atoms with Crippen LogP contribution in [0.25, 0.3) is 10.9 Å². The van der Waals surface area contributed by atoms with Gasteiger partial charge < -0.3 is 10.8 Å². The molecule has 1 atom stereocenters. The fourth-order valence-corrected chi connectivity index (χ4v) is 1.45. The third-order valence-electron chi connectivity index (χ3n) is 2.28. The van der Waals surface area contributed by atoms with Crippen LogP contribution in [-0.2, 0) is 11.2 Å². The molecule has 0 bridgehead atoms. The van der Waals surface area contributed by atoms with Crippen molar-refractivity contribution in [1.29, 1.82) is 0 Å². The first-order valence-corrected chi connectivity index (χ1v) is 4.57. The number of carbonyl (C=O) groups is 1. The van der Waals surface area contributed by atoms with Gasteiger partial charge in [-0.05, 0) is 18.1 Å². The predicted octanol–water partition coefficient (Wildman–Crippen LogP) is 0.517. The molecule has 0 aliphatic rings. The number of benzene rings is 1. The summed E-state index contributed by atoms with van der Waals surface area (Å²) in [6, 6.07) is 4.76. The Balaban J connectivity index is 2.24. The first-order valence-electron chi connectivity index (χ1n) is 4.57. The topological polar surface area (TPSA) is 92.0 Å². The molecule has 0 aliphatic heterocycles. The molecule has 1 aromatic heterocycles. The molecule has 0 unspecified atom stereocenters. The minimum atomic E-state index is -0.986. The normalized spacial score (nSPS) is 12.9. The maximum Gasteiger partial charge on any atom is 0.320 e. The fraction of sp³-hybridized carbons (Fsp3) is 0.200. The highest BCUT2D eigenvalue weighted by molar-refractivity contribution is 5.79. The summed E-state index contributed by atoms with van der Waals surface area (Å²) >= 11 is 0. The van der Waals surface area contributed by atoms with Crippen molar-refractivity contribution in [3.8, 4) is 0 Å². The summed E-state index contributed by atoms with van der Waals surface area (Å²) < 4.78 is 0. The van der Waals surface area contributed by atoms with Crippen molar-refractivity contribution in [2.75, 3.05) is 0 Å². The van der Waals surface area contributed by atoms with Gasteiger partial charge in [0.15, 0.2) is 0 Å². The van der Waals surface area contributed by atoms with E-state index in [9.17, 15) is 4.79 Å². The molecule has 5 nitrogen and oxygen atoms in total. The number of hydrogen-bond acceptors (Lipinski definition) is 3. The maximum atomic E-state index is 10.6. The number of nitrogens with two attached hydrogens (primary N) is 1. The maximum absolute atomic E-state index is 10.6. The van der Waals surface area contributed by atoms with Crippen molar-refractivity contribution in [2.24, 2.45) is 5.73 Å². The number of H-pyrrole nitrogens is 1. The third kappa shape index (κ3) is 1.97. The van der Waals surface area contributed by atoms with E-state index >= 15 is 0 Å². The summed E-state index contributed by atoms with van der Waals surface area (Å²) in [6.07, 6.45) is 2.04. The van der Waals surface area contributed by atoms with E-state index in [4.69, 9.17) is 10.8 Å². The molecule has 5 heteroatoms. The van der Waals surface area contributed by atoms with Crippen molar-refractivity contribution < 1.29 is 9.90 Å². The summed E-state index contributed by atoms with van der Waals surface area (Å²) in [4.78, 5) is 10.6. The molecular weight excluding hydrogens is 194 g/mol. The summed E-state index contributed by atoms with van der Waals surface area (Å²) in [6.45, 7) is 0. The Labute approximate surface area is 85.9 Å². The summed E-state index contributed by atoms with van der Waals surface area (Å²) in [5.41, 5.74) is 7.23. The molecule has 0 radical (unpaired) electrons. The van der Waals surface area contributed by atoms with E-state index in [-0.39, 0.29) is 0 Å². The van der Waals surface area contributed by atoms with E-state index in [0.717, 1.165) is 16.5 Å². The highest BCUT2D eigenvalue weighted by atomic mass is 16.4. The number of nitrogens with one attached hydrogen (secondary N) is 1. The van der Waals surface area contributed by atoms with E-state index in [2.05, 4.69) is 10.2 Å². The zero-order valence-electron chi connectivity index (χ0n) is 7.97. The number of nitrogens with zero attached hydrogens (tertiary/aromatic N) is 1. The van der Waals surface area contributed by atoms with Crippen molar-refractivity contribution in [3.63, 3.8) is 0 Å². The van der Waals surface area contributed by atoms with Gasteiger partial charge in [-0.25, -0.2) is 0 Å². The highest BCUT2D eigenvalue weighted by Crippen LogP contribution is 2.13. The van der Waals surface area contributed by atoms with Crippen molar-refractivity contribution >= 4 is 16.9 Å². The van der Waals surface area contributed by atoms with Crippen LogP contribution in [0.3, 0.4) is 0 Å². The number of carboxylic acids is 1. The van der Waals surface area contributed by atoms with Crippen LogP contribution >= 0.6 is 0 Å². The number of carboxylic acid groups (broad SMARTS) is 1. The van der Waals surface area contributed by atoms with Gasteiger partial charge in [-0.1, -0.05) is 12.1 Å². The lowest BCUT2D eigenvalue weighted by Gasteiger charge is -2.05. The number of aliphatic carboxylic acids is 1. The largest absolute Gasteiger partial charge is 0.480 e. The first-order chi connectivity index (χ1) is 7.16. The van der Waals surface area contributed by atoms with Crippen LogP contribution in [0.15, 0.2) is 24.4 Å². The number of hydrogen-bond donors (Lipinski definition) is 3. The van der Waals surface area contributed by atoms with Crippen LogP contribution in [0.2, 0.25) is 0 Å². The SMILES string of the molecule is N[C@H](Cc1ccc2cn[nH]c2c1)C(=O)O. The lowest BCUT2D eigenvalue weighted by Crippen LogP contribution is -2.32. The molecule has 78 valence electrons. The molecule has 0 saturated carbocycles. The first kappa shape index (κ1) is 9.67. The Bertz CT molecular complexity index is 492. The van der Waals surface area contributed by atoms with E-state index in [1.54, 1.807) is 6.20 Å². The van der Waals surface area contributed by atoms with Crippen LogP contribution < -0.4 is 5.73 Å². The smallest absolute Gasteiger partial charge is 0.320 e. The molecule has 1 aromatic carbocycles. The van der Waals surface area contributed by atoms with E-state index < -0.39 is 12.0 Å². The molecule has 1 heterocycles. The number of aromatic nitrogens is 2. The van der Waals surface area contributed by atoms with Crippen molar-refractivity contribution in [2.45, 2.75) is 12.5 Å². The van der Waals surface area contributed by atoms with Gasteiger partial charge >= 0.3 is 5.97 Å². The van der Waals surface area contributed by atoms with Crippen LogP contribution in [0.1, 0.15) is 5.56 Å². The predicted molar refractivity (Wildman–Crippen MR) is 55.4 cm³/mol. The summed E-state index contributed by atoms with van der Waals surface area (Å²) in [5.74, 6) is -0.986. The van der Waals surface area contributed by atoms with Gasteiger partial charge in [0.2, 0.25) is 0 Å². The standard InChI is InChI=1S/C10H11N3O2/c11-8(10(14)15)3-6-1-2-7-5-12-13-9(7)4-6/h1-2,4-5,8H,3,11H2,(H,12,13)(H,14,15)/t8-/m1/s1. The Hall–Kier alpha value is -1.88. The van der Waals surface area contributed by atoms with Gasteiger partial charge in [0.1, 0.15) is 6.04 Å². The second-order valence-corrected chi connectivity index (χ2v) is 3.44. The van der Waals surface area contributed by atoms with Gasteiger partial charge in [0, 0.05) is 5.39 Å². The second-order valence-electron chi connectivity index (χ2n) is 3.44. The number of rotatable bonds is 3. The molecule has 0 fully saturated rings. The zero-order valence-corrected chi connectivity index (χ0v) is 7.97. The van der Waals surface area contributed by atoms with Crippen LogP contribution in [-0.4, -0.2) is 27.3 Å². The van der Waals surface area contributed by atoms with Crippen molar-refractivity contribution in [3.05, 3.63) is 30.0 Å². The quantitative estimate of drug-likeness (QED) is 0.681. The lowest BCUT2D eigenvalue weighted by atomic mass is 10.1. The Morgan fingerprint density at radius 3 is 3.13 bits per heavy atom. The molecule has 2 rings (SSSR count). The van der Waals surface area contributed by atoms with Crippen LogP contribution in [0, 0.1) is 0 Å². The van der Waals surface area contributed by atoms with Gasteiger partial charge in [0.05, 0.1) is 11.7 Å². The zero-order chi connectivity index (χ0) is 10.8. The molecule has 2 aromatic rings. The molecule has 0 saturated heterocycles. The van der Waals surface area contributed by atoms with E-state index in [1.165, 1.54) is 0 Å². The monoisotopic (exact) mass is 205 g/mol. The van der Waals surface area contributed by atoms with Crippen LogP contribution in [0.5, 0.6) is 0 Å². The van der Waals surface area contributed by atoms with Crippen LogP contribution in [0.4, 0.5) is 0 Å². The molecular formula is C10H11N3O2. The molecule has 4 N–H and O–H groups in total. The van der Waals surface area contributed by atoms with E-state index in [1.807, 2.05) is 18.2 Å². The molecule has 0 spiro atoms.